The van der Waals surface area contributed by atoms with Crippen molar-refractivity contribution < 1.29 is 4.74 Å². The van der Waals surface area contributed by atoms with Gasteiger partial charge in [-0.05, 0) is 68.1 Å². The standard InChI is InChI=1S/C20H23N3O/c1-2-24-16-8-6-15(7-9-16)18-14-17-19(10-11-21-20(17)22-18)23-12-4-3-5-13-23/h6-11,14H,2-5,12-13H2,1H3,(H,21,22). The molecule has 0 saturated carbocycles. The lowest BCUT2D eigenvalue weighted by molar-refractivity contribution is 0.340. The molecule has 3 heterocycles. The molecular formula is C20H23N3O. The Morgan fingerprint density at radius 3 is 2.62 bits per heavy atom. The minimum atomic E-state index is 0.689. The highest BCUT2D eigenvalue weighted by Crippen LogP contribution is 2.32. The third-order valence-electron chi connectivity index (χ3n) is 4.68. The highest BCUT2D eigenvalue weighted by atomic mass is 16.5. The number of hydrogen-bond donors (Lipinski definition) is 1. The first kappa shape index (κ1) is 15.1. The summed E-state index contributed by atoms with van der Waals surface area (Å²) in [6, 6.07) is 12.6. The molecule has 0 unspecified atom stereocenters. The number of fused-ring (bicyclic) bond motifs is 1. The SMILES string of the molecule is CCOc1ccc(-c2cc3c(N4CCCCC4)ccnc3[nH]2)cc1. The minimum absolute atomic E-state index is 0.689. The van der Waals surface area contributed by atoms with Crippen LogP contribution in [0, 0.1) is 0 Å². The van der Waals surface area contributed by atoms with Crippen LogP contribution in [0.3, 0.4) is 0 Å². The van der Waals surface area contributed by atoms with Crippen LogP contribution in [0.2, 0.25) is 0 Å². The summed E-state index contributed by atoms with van der Waals surface area (Å²) in [5, 5.41) is 1.21. The number of aromatic amines is 1. The summed E-state index contributed by atoms with van der Waals surface area (Å²) in [5.41, 5.74) is 4.51. The van der Waals surface area contributed by atoms with Gasteiger partial charge in [0.15, 0.2) is 0 Å². The summed E-state index contributed by atoms with van der Waals surface area (Å²) in [6.07, 6.45) is 5.81. The van der Waals surface area contributed by atoms with Crippen molar-refractivity contribution in [2.75, 3.05) is 24.6 Å². The lowest BCUT2D eigenvalue weighted by atomic mass is 10.1. The summed E-state index contributed by atoms with van der Waals surface area (Å²) in [5.74, 6) is 0.907. The molecule has 0 radical (unpaired) electrons. The molecule has 1 aliphatic heterocycles. The minimum Gasteiger partial charge on any atom is -0.494 e. The third-order valence-corrected chi connectivity index (χ3v) is 4.68. The molecule has 0 bridgehead atoms. The second kappa shape index (κ2) is 6.56. The third kappa shape index (κ3) is 2.84. The van der Waals surface area contributed by atoms with Crippen LogP contribution >= 0.6 is 0 Å². The molecule has 4 rings (SSSR count). The van der Waals surface area contributed by atoms with E-state index in [2.05, 4.69) is 39.1 Å². The van der Waals surface area contributed by atoms with Gasteiger partial charge < -0.3 is 14.6 Å². The highest BCUT2D eigenvalue weighted by Gasteiger charge is 2.15. The fraction of sp³-hybridized carbons (Fsp3) is 0.350. The van der Waals surface area contributed by atoms with Gasteiger partial charge in [-0.3, -0.25) is 0 Å². The number of aromatic nitrogens is 2. The molecule has 4 nitrogen and oxygen atoms in total. The first-order chi connectivity index (χ1) is 11.8. The van der Waals surface area contributed by atoms with Gasteiger partial charge in [-0.15, -0.1) is 0 Å². The van der Waals surface area contributed by atoms with Crippen LogP contribution in [0.4, 0.5) is 5.69 Å². The van der Waals surface area contributed by atoms with E-state index in [9.17, 15) is 0 Å². The summed E-state index contributed by atoms with van der Waals surface area (Å²) < 4.78 is 5.52. The van der Waals surface area contributed by atoms with Crippen LogP contribution in [-0.2, 0) is 0 Å². The fourth-order valence-corrected chi connectivity index (χ4v) is 3.48. The highest BCUT2D eigenvalue weighted by molar-refractivity contribution is 5.93. The van der Waals surface area contributed by atoms with Crippen LogP contribution in [0.25, 0.3) is 22.3 Å². The van der Waals surface area contributed by atoms with Gasteiger partial charge in [0.2, 0.25) is 0 Å². The number of H-pyrrole nitrogens is 1. The zero-order valence-corrected chi connectivity index (χ0v) is 14.1. The van der Waals surface area contributed by atoms with Gasteiger partial charge in [-0.25, -0.2) is 4.98 Å². The number of anilines is 1. The van der Waals surface area contributed by atoms with Gasteiger partial charge >= 0.3 is 0 Å². The number of piperidine rings is 1. The molecule has 1 saturated heterocycles. The molecule has 24 heavy (non-hydrogen) atoms. The number of nitrogens with zero attached hydrogens (tertiary/aromatic N) is 2. The molecule has 1 fully saturated rings. The predicted molar refractivity (Wildman–Crippen MR) is 98.8 cm³/mol. The van der Waals surface area contributed by atoms with Crippen molar-refractivity contribution in [3.05, 3.63) is 42.6 Å². The molecule has 3 aromatic rings. The number of hydrogen-bond acceptors (Lipinski definition) is 3. The summed E-state index contributed by atoms with van der Waals surface area (Å²) in [4.78, 5) is 10.5. The number of rotatable bonds is 4. The maximum atomic E-state index is 5.52. The Kier molecular flexibility index (Phi) is 4.11. The van der Waals surface area contributed by atoms with Crippen molar-refractivity contribution in [2.24, 2.45) is 0 Å². The molecule has 1 N–H and O–H groups in total. The van der Waals surface area contributed by atoms with Crippen molar-refractivity contribution >= 4 is 16.7 Å². The molecule has 4 heteroatoms. The van der Waals surface area contributed by atoms with Gasteiger partial charge in [-0.1, -0.05) is 0 Å². The van der Waals surface area contributed by atoms with Gasteiger partial charge in [-0.2, -0.15) is 0 Å². The quantitative estimate of drug-likeness (QED) is 0.762. The average molecular weight is 321 g/mol. The smallest absolute Gasteiger partial charge is 0.139 e. The van der Waals surface area contributed by atoms with Crippen LogP contribution in [-0.4, -0.2) is 29.7 Å². The van der Waals surface area contributed by atoms with Crippen molar-refractivity contribution in [1.29, 1.82) is 0 Å². The molecule has 0 aliphatic carbocycles. The van der Waals surface area contributed by atoms with E-state index in [0.717, 1.165) is 35.7 Å². The molecule has 0 spiro atoms. The van der Waals surface area contributed by atoms with E-state index < -0.39 is 0 Å². The Balaban J connectivity index is 1.70. The zero-order valence-electron chi connectivity index (χ0n) is 14.1. The van der Waals surface area contributed by atoms with Crippen LogP contribution in [0.15, 0.2) is 42.6 Å². The molecule has 0 amide bonds. The van der Waals surface area contributed by atoms with Crippen molar-refractivity contribution in [3.8, 4) is 17.0 Å². The Labute approximate surface area is 142 Å². The van der Waals surface area contributed by atoms with Gasteiger partial charge in [0.25, 0.3) is 0 Å². The van der Waals surface area contributed by atoms with Crippen LogP contribution in [0.5, 0.6) is 5.75 Å². The molecular weight excluding hydrogens is 298 g/mol. The lowest BCUT2D eigenvalue weighted by Gasteiger charge is -2.29. The lowest BCUT2D eigenvalue weighted by Crippen LogP contribution is -2.29. The maximum Gasteiger partial charge on any atom is 0.139 e. The monoisotopic (exact) mass is 321 g/mol. The largest absolute Gasteiger partial charge is 0.494 e. The van der Waals surface area contributed by atoms with E-state index in [1.807, 2.05) is 25.3 Å². The zero-order chi connectivity index (χ0) is 16.4. The van der Waals surface area contributed by atoms with E-state index in [4.69, 9.17) is 4.74 Å². The molecule has 1 aromatic carbocycles. The maximum absolute atomic E-state index is 5.52. The molecule has 2 aromatic heterocycles. The predicted octanol–water partition coefficient (Wildman–Crippen LogP) is 4.62. The fourth-order valence-electron chi connectivity index (χ4n) is 3.48. The molecule has 0 atom stereocenters. The van der Waals surface area contributed by atoms with E-state index in [-0.39, 0.29) is 0 Å². The van der Waals surface area contributed by atoms with Crippen LogP contribution in [0.1, 0.15) is 26.2 Å². The van der Waals surface area contributed by atoms with Gasteiger partial charge in [0.1, 0.15) is 11.4 Å². The summed E-state index contributed by atoms with van der Waals surface area (Å²) >= 11 is 0. The first-order valence-corrected chi connectivity index (χ1v) is 8.81. The summed E-state index contributed by atoms with van der Waals surface area (Å²) in [6.45, 7) is 4.97. The van der Waals surface area contributed by atoms with Gasteiger partial charge in [0, 0.05) is 36.1 Å². The van der Waals surface area contributed by atoms with Gasteiger partial charge in [0.05, 0.1) is 6.61 Å². The number of ether oxygens (including phenoxy) is 1. The molecule has 124 valence electrons. The van der Waals surface area contributed by atoms with E-state index >= 15 is 0 Å². The van der Waals surface area contributed by atoms with E-state index in [1.165, 1.54) is 30.3 Å². The second-order valence-electron chi connectivity index (χ2n) is 6.28. The summed E-state index contributed by atoms with van der Waals surface area (Å²) in [7, 11) is 0. The average Bonchev–Trinajstić information content (AvgIpc) is 3.07. The Morgan fingerprint density at radius 2 is 1.88 bits per heavy atom. The Bertz CT molecular complexity index is 817. The van der Waals surface area contributed by atoms with E-state index in [0.29, 0.717) is 6.61 Å². The van der Waals surface area contributed by atoms with Crippen molar-refractivity contribution in [3.63, 3.8) is 0 Å². The van der Waals surface area contributed by atoms with Crippen molar-refractivity contribution in [2.45, 2.75) is 26.2 Å². The number of nitrogens with one attached hydrogen (secondary N) is 1. The second-order valence-corrected chi connectivity index (χ2v) is 6.28. The number of pyridine rings is 1. The molecule has 1 aliphatic rings. The van der Waals surface area contributed by atoms with Crippen molar-refractivity contribution in [1.82, 2.24) is 9.97 Å². The topological polar surface area (TPSA) is 41.1 Å². The normalized spacial score (nSPS) is 15.0. The van der Waals surface area contributed by atoms with E-state index in [1.54, 1.807) is 0 Å². The first-order valence-electron chi connectivity index (χ1n) is 8.81. The Hall–Kier alpha value is -2.49. The Morgan fingerprint density at radius 1 is 1.08 bits per heavy atom. The van der Waals surface area contributed by atoms with Crippen LogP contribution < -0.4 is 9.64 Å². The number of benzene rings is 1.